The second kappa shape index (κ2) is 3.10. The summed E-state index contributed by atoms with van der Waals surface area (Å²) in [6.45, 7) is 1.53. The Morgan fingerprint density at radius 1 is 1.36 bits per heavy atom. The molecule has 0 saturated carbocycles. The fourth-order valence-corrected chi connectivity index (χ4v) is 1.28. The smallest absolute Gasteiger partial charge is 0.142 e. The van der Waals surface area contributed by atoms with Crippen molar-refractivity contribution >= 4 is 7.85 Å². The first-order valence-electron chi connectivity index (χ1n) is 3.73. The average molecular weight is 160 g/mol. The van der Waals surface area contributed by atoms with E-state index in [9.17, 15) is 10.2 Å². The van der Waals surface area contributed by atoms with Crippen molar-refractivity contribution in [1.82, 2.24) is 0 Å². The van der Waals surface area contributed by atoms with Crippen molar-refractivity contribution in [2.45, 2.75) is 37.3 Å². The van der Waals surface area contributed by atoms with Gasteiger partial charge in [0.15, 0.2) is 0 Å². The Morgan fingerprint density at radius 2 is 1.91 bits per heavy atom. The number of ether oxygens (including phenoxy) is 1. The number of hydrogen-bond acceptors (Lipinski definition) is 4. The fourth-order valence-electron chi connectivity index (χ4n) is 1.28. The zero-order valence-corrected chi connectivity index (χ0v) is 6.64. The van der Waals surface area contributed by atoms with Gasteiger partial charge in [-0.2, -0.15) is 0 Å². The molecular weight excluding hydrogens is 147 g/mol. The SMILES string of the molecule is B[C@@H]1O[C@H](C(C)O)C(O)C1O. The highest BCUT2D eigenvalue weighted by Gasteiger charge is 2.41. The lowest BCUT2D eigenvalue weighted by atomic mass is 9.93. The van der Waals surface area contributed by atoms with Crippen LogP contribution in [0, 0.1) is 0 Å². The predicted molar refractivity (Wildman–Crippen MR) is 40.9 cm³/mol. The second-order valence-corrected chi connectivity index (χ2v) is 3.03. The van der Waals surface area contributed by atoms with Crippen LogP contribution in [0.2, 0.25) is 0 Å². The Balaban J connectivity index is 2.59. The van der Waals surface area contributed by atoms with Crippen LogP contribution in [-0.4, -0.2) is 53.6 Å². The molecule has 3 unspecified atom stereocenters. The molecule has 0 amide bonds. The molecular formula is C6H13BO4. The van der Waals surface area contributed by atoms with Gasteiger partial charge in [-0.05, 0) is 6.92 Å². The maximum Gasteiger partial charge on any atom is 0.142 e. The van der Waals surface area contributed by atoms with Gasteiger partial charge < -0.3 is 20.1 Å². The molecule has 11 heavy (non-hydrogen) atoms. The number of hydrogen-bond donors (Lipinski definition) is 3. The summed E-state index contributed by atoms with van der Waals surface area (Å²) in [5.74, 6) is 0. The van der Waals surface area contributed by atoms with Crippen LogP contribution in [0.4, 0.5) is 0 Å². The molecule has 0 spiro atoms. The van der Waals surface area contributed by atoms with Gasteiger partial charge in [0.25, 0.3) is 0 Å². The molecule has 0 aliphatic carbocycles. The van der Waals surface area contributed by atoms with Crippen molar-refractivity contribution in [1.29, 1.82) is 0 Å². The summed E-state index contributed by atoms with van der Waals surface area (Å²) in [5, 5.41) is 27.5. The van der Waals surface area contributed by atoms with Gasteiger partial charge in [0.1, 0.15) is 26.2 Å². The lowest BCUT2D eigenvalue weighted by molar-refractivity contribution is -0.0468. The molecule has 1 aliphatic rings. The van der Waals surface area contributed by atoms with Crippen LogP contribution in [0.5, 0.6) is 0 Å². The maximum atomic E-state index is 9.26. The molecule has 1 aliphatic heterocycles. The Hall–Kier alpha value is -0.0951. The van der Waals surface area contributed by atoms with E-state index in [1.54, 1.807) is 7.85 Å². The zero-order chi connectivity index (χ0) is 8.59. The van der Waals surface area contributed by atoms with Gasteiger partial charge in [-0.1, -0.05) is 0 Å². The van der Waals surface area contributed by atoms with Gasteiger partial charge in [-0.3, -0.25) is 0 Å². The third kappa shape index (κ3) is 1.56. The van der Waals surface area contributed by atoms with Gasteiger partial charge in [-0.25, -0.2) is 0 Å². The maximum absolute atomic E-state index is 9.26. The standard InChI is InChI=1S/C6H13BO4/c1-2(8)5-3(9)4(10)6(7)11-5/h2-6,8-10H,7H2,1H3/t2?,3?,4?,5-,6-/m1/s1. The third-order valence-electron chi connectivity index (χ3n) is 2.01. The van der Waals surface area contributed by atoms with Crippen LogP contribution in [-0.2, 0) is 4.74 Å². The quantitative estimate of drug-likeness (QED) is 0.369. The number of aliphatic hydroxyl groups is 3. The van der Waals surface area contributed by atoms with Crippen LogP contribution in [0.25, 0.3) is 0 Å². The van der Waals surface area contributed by atoms with E-state index < -0.39 is 30.4 Å². The van der Waals surface area contributed by atoms with Gasteiger partial charge in [-0.15, -0.1) is 0 Å². The van der Waals surface area contributed by atoms with E-state index in [2.05, 4.69) is 0 Å². The Bertz CT molecular complexity index is 141. The van der Waals surface area contributed by atoms with Gasteiger partial charge in [0, 0.05) is 0 Å². The first kappa shape index (κ1) is 9.00. The Morgan fingerprint density at radius 3 is 2.09 bits per heavy atom. The molecule has 0 aromatic rings. The normalized spacial score (nSPS) is 47.6. The lowest BCUT2D eigenvalue weighted by Crippen LogP contribution is -2.37. The molecule has 5 atom stereocenters. The summed E-state index contributed by atoms with van der Waals surface area (Å²) >= 11 is 0. The van der Waals surface area contributed by atoms with Crippen molar-refractivity contribution in [2.24, 2.45) is 0 Å². The summed E-state index contributed by atoms with van der Waals surface area (Å²) in [4.78, 5) is 0. The highest BCUT2D eigenvalue weighted by molar-refractivity contribution is 6.11. The van der Waals surface area contributed by atoms with E-state index in [1.807, 2.05) is 0 Å². The van der Waals surface area contributed by atoms with E-state index >= 15 is 0 Å². The minimum atomic E-state index is -0.968. The van der Waals surface area contributed by atoms with Crippen LogP contribution in [0.15, 0.2) is 0 Å². The van der Waals surface area contributed by atoms with Crippen molar-refractivity contribution < 1.29 is 20.1 Å². The highest BCUT2D eigenvalue weighted by atomic mass is 16.5. The van der Waals surface area contributed by atoms with Crippen molar-refractivity contribution in [2.75, 3.05) is 0 Å². The zero-order valence-electron chi connectivity index (χ0n) is 6.64. The summed E-state index contributed by atoms with van der Waals surface area (Å²) in [6, 6.07) is -0.399. The monoisotopic (exact) mass is 160 g/mol. The van der Waals surface area contributed by atoms with E-state index in [-0.39, 0.29) is 0 Å². The molecule has 1 heterocycles. The van der Waals surface area contributed by atoms with Gasteiger partial charge in [0.05, 0.1) is 12.1 Å². The lowest BCUT2D eigenvalue weighted by Gasteiger charge is -2.16. The molecule has 1 fully saturated rings. The number of rotatable bonds is 1. The third-order valence-corrected chi connectivity index (χ3v) is 2.01. The fraction of sp³-hybridized carbons (Fsp3) is 1.00. The summed E-state index contributed by atoms with van der Waals surface area (Å²) < 4.78 is 5.10. The summed E-state index contributed by atoms with van der Waals surface area (Å²) in [7, 11) is 1.66. The topological polar surface area (TPSA) is 69.9 Å². The van der Waals surface area contributed by atoms with Crippen LogP contribution in [0.1, 0.15) is 6.92 Å². The first-order valence-corrected chi connectivity index (χ1v) is 3.73. The summed E-state index contributed by atoms with van der Waals surface area (Å²) in [5.41, 5.74) is 0. The molecule has 1 rings (SSSR count). The van der Waals surface area contributed by atoms with Crippen LogP contribution < -0.4 is 0 Å². The second-order valence-electron chi connectivity index (χ2n) is 3.03. The number of aliphatic hydroxyl groups excluding tert-OH is 3. The molecule has 0 bridgehead atoms. The molecule has 64 valence electrons. The molecule has 0 aromatic heterocycles. The molecule has 4 nitrogen and oxygen atoms in total. The average Bonchev–Trinajstić information content (AvgIpc) is 2.17. The van der Waals surface area contributed by atoms with E-state index in [1.165, 1.54) is 6.92 Å². The van der Waals surface area contributed by atoms with Crippen molar-refractivity contribution in [3.05, 3.63) is 0 Å². The largest absolute Gasteiger partial charge is 0.391 e. The molecule has 0 aromatic carbocycles. The van der Waals surface area contributed by atoms with Crippen LogP contribution >= 0.6 is 0 Å². The molecule has 1 saturated heterocycles. The minimum Gasteiger partial charge on any atom is -0.391 e. The van der Waals surface area contributed by atoms with Gasteiger partial charge in [0.2, 0.25) is 0 Å². The van der Waals surface area contributed by atoms with E-state index in [4.69, 9.17) is 9.84 Å². The molecule has 5 heteroatoms. The first-order chi connectivity index (χ1) is 5.04. The molecule has 0 radical (unpaired) electrons. The van der Waals surface area contributed by atoms with E-state index in [0.29, 0.717) is 0 Å². The van der Waals surface area contributed by atoms with Crippen LogP contribution in [0.3, 0.4) is 0 Å². The Labute approximate surface area is 66.2 Å². The highest BCUT2D eigenvalue weighted by Crippen LogP contribution is 2.21. The van der Waals surface area contributed by atoms with Crippen molar-refractivity contribution in [3.63, 3.8) is 0 Å². The minimum absolute atomic E-state index is 0.399. The van der Waals surface area contributed by atoms with Crippen molar-refractivity contribution in [3.8, 4) is 0 Å². The van der Waals surface area contributed by atoms with E-state index in [0.717, 1.165) is 0 Å². The Kier molecular flexibility index (Phi) is 2.54. The molecule has 3 N–H and O–H groups in total. The van der Waals surface area contributed by atoms with Gasteiger partial charge >= 0.3 is 0 Å². The summed E-state index contributed by atoms with van der Waals surface area (Å²) in [6.07, 6.45) is -3.25. The predicted octanol–water partition coefficient (Wildman–Crippen LogP) is -2.55.